The number of rotatable bonds is 7. The third-order valence-electron chi connectivity index (χ3n) is 5.22. The molecule has 192 valence electrons. The molecule has 16 heteroatoms. The summed E-state index contributed by atoms with van der Waals surface area (Å²) in [4.78, 5) is 46.9. The Hall–Kier alpha value is -3.84. The largest absolute Gasteiger partial charge is 0.490 e. The number of amides is 1. The third-order valence-corrected chi connectivity index (χ3v) is 6.70. The van der Waals surface area contributed by atoms with Crippen molar-refractivity contribution in [3.63, 3.8) is 0 Å². The summed E-state index contributed by atoms with van der Waals surface area (Å²) < 4.78 is 72.1. The Kier molecular flexibility index (Phi) is 6.78. The number of hydrogen-bond acceptors (Lipinski definition) is 9. The summed E-state index contributed by atoms with van der Waals surface area (Å²) >= 11 is 0. The zero-order chi connectivity index (χ0) is 26.2. The normalized spacial score (nSPS) is 19.3. The second kappa shape index (κ2) is 9.66. The quantitative estimate of drug-likeness (QED) is 0.417. The minimum absolute atomic E-state index is 0.0248. The number of hydrogen-bond donors (Lipinski definition) is 1. The maximum absolute atomic E-state index is 15.0. The number of cyclic esters (lactones) is 1. The molecular weight excluding hydrogens is 512 g/mol. The molecule has 2 aliphatic heterocycles. The molecule has 0 aliphatic carbocycles. The van der Waals surface area contributed by atoms with Gasteiger partial charge in [-0.1, -0.05) is 5.16 Å². The number of anilines is 3. The van der Waals surface area contributed by atoms with Gasteiger partial charge in [-0.3, -0.25) is 19.4 Å². The second-order valence-corrected chi connectivity index (χ2v) is 9.36. The van der Waals surface area contributed by atoms with Gasteiger partial charge in [0.1, 0.15) is 18.1 Å². The molecule has 1 unspecified atom stereocenters. The standard InChI is InChI=1S/C20H18F3N4O8P/c1-11(28)35-36(31,32)27(16-4-7-33-24-16)10-13-9-26(20(30)34-13)15-8-14(21)19(18(23)17(15)22)25-5-2-12(29)3-6-25/h2,4-5,7-8,13H,3,6,9-10H2,1H3,(H,31,32)/t13-/m1/s1. The highest BCUT2D eigenvalue weighted by Crippen LogP contribution is 2.49. The molecule has 2 aromatic rings. The van der Waals surface area contributed by atoms with Gasteiger partial charge in [0.15, 0.2) is 29.1 Å². The number of carbonyl (C=O) groups is 3. The molecule has 2 atom stereocenters. The first kappa shape index (κ1) is 25.3. The van der Waals surface area contributed by atoms with E-state index < -0.39 is 67.8 Å². The first-order valence-electron chi connectivity index (χ1n) is 10.3. The lowest BCUT2D eigenvalue weighted by molar-refractivity contribution is -0.132. The van der Waals surface area contributed by atoms with Crippen molar-refractivity contribution in [3.8, 4) is 0 Å². The molecule has 3 heterocycles. The van der Waals surface area contributed by atoms with Crippen molar-refractivity contribution >= 4 is 42.8 Å². The van der Waals surface area contributed by atoms with Crippen molar-refractivity contribution in [1.82, 2.24) is 5.16 Å². The molecule has 1 saturated heterocycles. The van der Waals surface area contributed by atoms with Crippen LogP contribution in [0.5, 0.6) is 0 Å². The summed E-state index contributed by atoms with van der Waals surface area (Å²) in [6.07, 6.45) is 0.844. The Morgan fingerprint density at radius 1 is 1.33 bits per heavy atom. The molecular formula is C20H18F3N4O8P. The van der Waals surface area contributed by atoms with Gasteiger partial charge in [-0.05, 0) is 6.08 Å². The van der Waals surface area contributed by atoms with E-state index in [0.717, 1.165) is 30.4 Å². The van der Waals surface area contributed by atoms with Crippen LogP contribution in [0.15, 0.2) is 35.2 Å². The van der Waals surface area contributed by atoms with E-state index in [9.17, 15) is 37.0 Å². The van der Waals surface area contributed by atoms with Crippen LogP contribution in [0.3, 0.4) is 0 Å². The summed E-state index contributed by atoms with van der Waals surface area (Å²) in [5, 5.41) is 3.51. The number of aromatic nitrogens is 1. The van der Waals surface area contributed by atoms with E-state index in [4.69, 9.17) is 4.74 Å². The van der Waals surface area contributed by atoms with E-state index in [1.54, 1.807) is 0 Å². The summed E-state index contributed by atoms with van der Waals surface area (Å²) in [5.74, 6) is -5.90. The number of carbonyl (C=O) groups excluding carboxylic acids is 3. The van der Waals surface area contributed by atoms with Gasteiger partial charge < -0.3 is 18.7 Å². The second-order valence-electron chi connectivity index (χ2n) is 7.71. The van der Waals surface area contributed by atoms with Gasteiger partial charge in [0, 0.05) is 38.2 Å². The first-order valence-corrected chi connectivity index (χ1v) is 11.9. The summed E-state index contributed by atoms with van der Waals surface area (Å²) in [6, 6.07) is 1.78. The molecule has 2 aliphatic rings. The Bertz CT molecular complexity index is 1290. The van der Waals surface area contributed by atoms with Crippen LogP contribution < -0.4 is 14.5 Å². The van der Waals surface area contributed by atoms with E-state index in [0.29, 0.717) is 15.6 Å². The van der Waals surface area contributed by atoms with Crippen LogP contribution in [0.2, 0.25) is 0 Å². The first-order chi connectivity index (χ1) is 17.0. The van der Waals surface area contributed by atoms with Crippen molar-refractivity contribution in [2.45, 2.75) is 19.4 Å². The van der Waals surface area contributed by atoms with Crippen LogP contribution in [0.4, 0.5) is 35.2 Å². The molecule has 0 radical (unpaired) electrons. The fourth-order valence-electron chi connectivity index (χ4n) is 3.67. The van der Waals surface area contributed by atoms with E-state index in [2.05, 4.69) is 14.2 Å². The third kappa shape index (κ3) is 4.93. The number of allylic oxidation sites excluding steroid dienone is 1. The van der Waals surface area contributed by atoms with E-state index in [1.807, 2.05) is 0 Å². The summed E-state index contributed by atoms with van der Waals surface area (Å²) in [7, 11) is -4.84. The predicted octanol–water partition coefficient (Wildman–Crippen LogP) is 2.88. The van der Waals surface area contributed by atoms with Crippen molar-refractivity contribution in [1.29, 1.82) is 0 Å². The Morgan fingerprint density at radius 2 is 2.08 bits per heavy atom. The molecule has 1 aromatic carbocycles. The van der Waals surface area contributed by atoms with E-state index >= 15 is 0 Å². The van der Waals surface area contributed by atoms with Gasteiger partial charge in [0.2, 0.25) is 0 Å². The zero-order valence-electron chi connectivity index (χ0n) is 18.5. The number of ketones is 1. The van der Waals surface area contributed by atoms with Crippen molar-refractivity contribution in [2.75, 3.05) is 34.1 Å². The lowest BCUT2D eigenvalue weighted by Gasteiger charge is -2.26. The molecule has 1 N–H and O–H groups in total. The van der Waals surface area contributed by atoms with Gasteiger partial charge in [-0.2, -0.15) is 0 Å². The summed E-state index contributed by atoms with van der Waals surface area (Å²) in [6.45, 7) is -0.237. The fourth-order valence-corrected chi connectivity index (χ4v) is 4.85. The lowest BCUT2D eigenvalue weighted by atomic mass is 10.1. The number of benzene rings is 1. The molecule has 36 heavy (non-hydrogen) atoms. The molecule has 1 fully saturated rings. The van der Waals surface area contributed by atoms with Crippen molar-refractivity contribution in [2.24, 2.45) is 0 Å². The maximum atomic E-state index is 15.0. The van der Waals surface area contributed by atoms with Crippen molar-refractivity contribution in [3.05, 3.63) is 48.1 Å². The zero-order valence-corrected chi connectivity index (χ0v) is 19.4. The molecule has 1 aromatic heterocycles. The molecule has 12 nitrogen and oxygen atoms in total. The highest BCUT2D eigenvalue weighted by atomic mass is 31.2. The molecule has 1 amide bonds. The molecule has 0 saturated carbocycles. The van der Waals surface area contributed by atoms with Crippen LogP contribution in [0.25, 0.3) is 0 Å². The molecule has 4 rings (SSSR count). The van der Waals surface area contributed by atoms with E-state index in [-0.39, 0.29) is 24.6 Å². The Balaban J connectivity index is 1.59. The number of ether oxygens (including phenoxy) is 1. The van der Waals surface area contributed by atoms with Crippen LogP contribution in [0.1, 0.15) is 13.3 Å². The van der Waals surface area contributed by atoms with Crippen LogP contribution in [-0.4, -0.2) is 53.6 Å². The van der Waals surface area contributed by atoms with Gasteiger partial charge in [-0.15, -0.1) is 0 Å². The average molecular weight is 530 g/mol. The predicted molar refractivity (Wildman–Crippen MR) is 115 cm³/mol. The van der Waals surface area contributed by atoms with Gasteiger partial charge in [0.25, 0.3) is 0 Å². The van der Waals surface area contributed by atoms with Gasteiger partial charge >= 0.3 is 19.8 Å². The Labute approximate surface area is 201 Å². The van der Waals surface area contributed by atoms with Gasteiger partial charge in [-0.25, -0.2) is 27.2 Å². The Morgan fingerprint density at radius 3 is 2.69 bits per heavy atom. The van der Waals surface area contributed by atoms with Crippen molar-refractivity contribution < 1.29 is 50.8 Å². The van der Waals surface area contributed by atoms with Gasteiger partial charge in [0.05, 0.1) is 18.8 Å². The topological polar surface area (TPSA) is 143 Å². The highest BCUT2D eigenvalue weighted by Gasteiger charge is 2.42. The highest BCUT2D eigenvalue weighted by molar-refractivity contribution is 7.55. The van der Waals surface area contributed by atoms with Crippen LogP contribution >= 0.6 is 7.75 Å². The van der Waals surface area contributed by atoms with Crippen LogP contribution in [-0.2, 0) is 23.4 Å². The lowest BCUT2D eigenvalue weighted by Crippen LogP contribution is -2.34. The SMILES string of the molecule is CC(=O)OP(=O)(O)N(C[C@H]1CN(c2cc(F)c(N3C=CC(=O)CC3)c(F)c2F)C(=O)O1)c1ccon1. The number of halogens is 3. The molecule has 0 bridgehead atoms. The van der Waals surface area contributed by atoms with E-state index in [1.165, 1.54) is 6.07 Å². The summed E-state index contributed by atoms with van der Waals surface area (Å²) in [5.41, 5.74) is -1.50. The number of nitrogens with zero attached hydrogens (tertiary/aromatic N) is 4. The fraction of sp³-hybridized carbons (Fsp3) is 0.300. The maximum Gasteiger partial charge on any atom is 0.490 e. The molecule has 0 spiro atoms. The monoisotopic (exact) mass is 530 g/mol. The smallest absolute Gasteiger partial charge is 0.442 e. The van der Waals surface area contributed by atoms with Crippen LogP contribution in [0, 0.1) is 17.5 Å². The average Bonchev–Trinajstić information content (AvgIpc) is 3.45. The minimum atomic E-state index is -4.84. The minimum Gasteiger partial charge on any atom is -0.442 e.